The van der Waals surface area contributed by atoms with Gasteiger partial charge in [0, 0.05) is 0 Å². The van der Waals surface area contributed by atoms with Gasteiger partial charge in [-0.1, -0.05) is 0 Å². The second-order valence-electron chi connectivity index (χ2n) is 15.1. The summed E-state index contributed by atoms with van der Waals surface area (Å²) in [5.41, 5.74) is -70.3. The first-order valence-corrected chi connectivity index (χ1v) is 15.6. The number of aliphatic hydroxyl groups excluding tert-OH is 2. The Morgan fingerprint density at radius 2 is 0.391 bits per heavy atom. The minimum absolute atomic E-state index is 2.46. The zero-order valence-electron chi connectivity index (χ0n) is 28.1. The van der Waals surface area contributed by atoms with E-state index in [9.17, 15) is 62.9 Å². The van der Waals surface area contributed by atoms with Crippen LogP contribution >= 0.6 is 0 Å². The molecule has 0 spiro atoms. The molecule has 8 saturated carbocycles. The Morgan fingerprint density at radius 3 is 0.516 bits per heavy atom. The van der Waals surface area contributed by atoms with E-state index < -0.39 is 154 Å². The third-order valence-electron chi connectivity index (χ3n) is 12.8. The molecule has 0 aromatic carbocycles. The second-order valence-corrected chi connectivity index (χ2v) is 15.1. The summed E-state index contributed by atoms with van der Waals surface area (Å²) < 4.78 is 515. The molecular formula is C26H8F34O4. The average Bonchev–Trinajstić information content (AvgIpc) is 3.09. The van der Waals surface area contributed by atoms with Crippen molar-refractivity contribution in [2.24, 2.45) is 10.8 Å². The maximum Gasteiger partial charge on any atom is 0.379 e. The molecule has 8 aliphatic carbocycles. The lowest BCUT2D eigenvalue weighted by Crippen LogP contribution is -3.09. The lowest BCUT2D eigenvalue weighted by Gasteiger charge is -2.75. The first kappa shape index (κ1) is 50.9. The fourth-order valence-corrected chi connectivity index (χ4v) is 9.62. The topological polar surface area (TPSA) is 58.9 Å². The van der Waals surface area contributed by atoms with Gasteiger partial charge in [-0.2, -0.15) is 70.2 Å². The van der Waals surface area contributed by atoms with Crippen molar-refractivity contribution in [2.45, 2.75) is 130 Å². The number of ether oxygens (including phenoxy) is 2. The Balaban J connectivity index is 1.41. The second kappa shape index (κ2) is 11.0. The molecule has 0 saturated heterocycles. The molecule has 8 fully saturated rings. The van der Waals surface area contributed by atoms with Gasteiger partial charge >= 0.3 is 117 Å². The SMILES string of the molecule is OC(COC(F)(F)C12C(F)(F)C3(F)C(F)(F)C(F)(C(F)(F)C(F)(C3(F)F)C1(F)F)C2(F)F)C(O)COC(F)(F)C12C(F)(F)C3(F)C(F)(F)C(F)(C(F)(F)C(F)(C3(F)F)C1(F)F)C2(F)F. The van der Waals surface area contributed by atoms with E-state index in [1.807, 2.05) is 0 Å². The maximum absolute atomic E-state index is 15.3. The minimum Gasteiger partial charge on any atom is -0.388 e. The summed E-state index contributed by atoms with van der Waals surface area (Å²) >= 11 is 0. The van der Waals surface area contributed by atoms with Gasteiger partial charge in [-0.15, -0.1) is 0 Å². The monoisotopic (exact) mass is 1030 g/mol. The molecule has 8 bridgehead atoms. The van der Waals surface area contributed by atoms with E-state index in [2.05, 4.69) is 9.47 Å². The quantitative estimate of drug-likeness (QED) is 0.227. The number of hydrogen-bond acceptors (Lipinski definition) is 4. The summed E-state index contributed by atoms with van der Waals surface area (Å²) in [4.78, 5) is 0. The van der Waals surface area contributed by atoms with E-state index in [-0.39, 0.29) is 0 Å². The van der Waals surface area contributed by atoms with E-state index >= 15 is 96.6 Å². The molecule has 0 aromatic heterocycles. The van der Waals surface area contributed by atoms with Crippen LogP contribution in [0.4, 0.5) is 149 Å². The van der Waals surface area contributed by atoms with Crippen molar-refractivity contribution >= 4 is 0 Å². The smallest absolute Gasteiger partial charge is 0.379 e. The largest absolute Gasteiger partial charge is 0.388 e. The number of aliphatic hydroxyl groups is 2. The van der Waals surface area contributed by atoms with Crippen LogP contribution in [0.1, 0.15) is 0 Å². The number of halogens is 34. The summed E-state index contributed by atoms with van der Waals surface area (Å²) in [7, 11) is 0. The molecule has 8 rings (SSSR count). The van der Waals surface area contributed by atoms with E-state index in [0.717, 1.165) is 0 Å². The lowest BCUT2D eigenvalue weighted by atomic mass is 9.36. The van der Waals surface area contributed by atoms with Gasteiger partial charge in [0.2, 0.25) is 0 Å². The predicted octanol–water partition coefficient (Wildman–Crippen LogP) is 8.85. The van der Waals surface area contributed by atoms with E-state index in [1.165, 1.54) is 0 Å². The third kappa shape index (κ3) is 3.32. The molecule has 38 heteroatoms. The summed E-state index contributed by atoms with van der Waals surface area (Å²) in [5, 5.41) is 19.2. The number of rotatable bonds is 9. The van der Waals surface area contributed by atoms with Gasteiger partial charge in [0.15, 0.2) is 0 Å². The molecule has 8 aliphatic rings. The zero-order chi connectivity index (χ0) is 51.0. The van der Waals surface area contributed by atoms with Crippen molar-refractivity contribution < 1.29 is 169 Å². The summed E-state index contributed by atoms with van der Waals surface area (Å²) in [6.07, 6.45) is -26.0. The van der Waals surface area contributed by atoms with E-state index in [4.69, 9.17) is 0 Å². The average molecular weight is 1030 g/mol. The number of alkyl halides is 34. The summed E-state index contributed by atoms with van der Waals surface area (Å²) in [6, 6.07) is 0. The highest BCUT2D eigenvalue weighted by Crippen LogP contribution is 2.94. The van der Waals surface area contributed by atoms with Gasteiger partial charge in [0.1, 0.15) is 12.2 Å². The molecule has 2 unspecified atom stereocenters. The third-order valence-corrected chi connectivity index (χ3v) is 12.8. The van der Waals surface area contributed by atoms with Gasteiger partial charge in [-0.3, -0.25) is 0 Å². The summed E-state index contributed by atoms with van der Waals surface area (Å²) in [6.45, 7) is -7.64. The van der Waals surface area contributed by atoms with Gasteiger partial charge in [0.25, 0.3) is 10.8 Å². The maximum atomic E-state index is 15.3. The van der Waals surface area contributed by atoms with Crippen LogP contribution in [-0.4, -0.2) is 153 Å². The van der Waals surface area contributed by atoms with E-state index in [0.29, 0.717) is 0 Å². The molecule has 0 amide bonds. The minimum atomic E-state index is -9.00. The molecule has 0 aliphatic heterocycles. The van der Waals surface area contributed by atoms with Gasteiger partial charge in [-0.05, 0) is 0 Å². The Morgan fingerprint density at radius 1 is 0.266 bits per heavy atom. The lowest BCUT2D eigenvalue weighted by molar-refractivity contribution is -0.642. The Kier molecular flexibility index (Phi) is 8.73. The van der Waals surface area contributed by atoms with Crippen LogP contribution < -0.4 is 0 Å². The van der Waals surface area contributed by atoms with Crippen molar-refractivity contribution in [1.82, 2.24) is 0 Å². The van der Waals surface area contributed by atoms with Crippen molar-refractivity contribution in [3.8, 4) is 0 Å². The molecule has 2 atom stereocenters. The van der Waals surface area contributed by atoms with Crippen molar-refractivity contribution in [1.29, 1.82) is 0 Å². The van der Waals surface area contributed by atoms with Crippen molar-refractivity contribution in [3.05, 3.63) is 0 Å². The standard InChI is InChI=1S/C26H8F34O4/c27-7-13(33,34)5(14(35,36)8(28,19(7,45)46)21(49,50)9(29,15(5,37)38)20(7,47)48)25(57,58)63-1-3(61)4(62)2-64-26(59,60)6-16(39,40)10(30)22(51,52)11(31,17(6,41)42)24(55,56)12(32,18(6,43)44)23(10,53)54/h3-4,61-62H,1-2H2. The van der Waals surface area contributed by atoms with Crippen molar-refractivity contribution in [2.75, 3.05) is 13.2 Å². The van der Waals surface area contributed by atoms with Crippen LogP contribution in [0.2, 0.25) is 0 Å². The summed E-state index contributed by atoms with van der Waals surface area (Å²) in [5.74, 6) is -106. The molecule has 2 N–H and O–H groups in total. The van der Waals surface area contributed by atoms with E-state index in [1.54, 1.807) is 0 Å². The fourth-order valence-electron chi connectivity index (χ4n) is 9.62. The van der Waals surface area contributed by atoms with Crippen LogP contribution in [0.25, 0.3) is 0 Å². The van der Waals surface area contributed by atoms with Crippen LogP contribution in [0.3, 0.4) is 0 Å². The molecule has 0 aromatic rings. The van der Waals surface area contributed by atoms with Gasteiger partial charge in [0.05, 0.1) is 13.2 Å². The highest BCUT2D eigenvalue weighted by Gasteiger charge is 3.27. The molecule has 0 heterocycles. The molecule has 0 radical (unpaired) electrons. The van der Waals surface area contributed by atoms with Crippen LogP contribution in [-0.2, 0) is 9.47 Å². The fraction of sp³-hybridized carbons (Fsp3) is 1.00. The van der Waals surface area contributed by atoms with Gasteiger partial charge in [-0.25, -0.2) is 79.0 Å². The molecule has 374 valence electrons. The number of hydrogen-bond donors (Lipinski definition) is 2. The zero-order valence-corrected chi connectivity index (χ0v) is 28.1. The molecule has 64 heavy (non-hydrogen) atoms. The highest BCUT2D eigenvalue weighted by molar-refractivity contribution is 5.55. The van der Waals surface area contributed by atoms with Crippen molar-refractivity contribution in [3.63, 3.8) is 0 Å². The predicted molar refractivity (Wildman–Crippen MR) is 121 cm³/mol. The highest BCUT2D eigenvalue weighted by atomic mass is 19.4. The first-order valence-electron chi connectivity index (χ1n) is 15.6. The Labute approximate surface area is 323 Å². The molecular weight excluding hydrogens is 1020 g/mol. The van der Waals surface area contributed by atoms with Crippen LogP contribution in [0.15, 0.2) is 0 Å². The van der Waals surface area contributed by atoms with Gasteiger partial charge < -0.3 is 19.7 Å². The van der Waals surface area contributed by atoms with Crippen LogP contribution in [0.5, 0.6) is 0 Å². The van der Waals surface area contributed by atoms with Crippen LogP contribution in [0, 0.1) is 10.8 Å². The first-order chi connectivity index (χ1) is 27.5. The normalized spacial score (nSPS) is 47.6. The Hall–Kier alpha value is -2.54. The molecule has 4 nitrogen and oxygen atoms in total. The Bertz CT molecular complexity index is 1680.